The van der Waals surface area contributed by atoms with E-state index >= 15 is 0 Å². The minimum atomic E-state index is -3.68. The van der Waals surface area contributed by atoms with Crippen molar-refractivity contribution < 1.29 is 13.2 Å². The molecule has 7 nitrogen and oxygen atoms in total. The van der Waals surface area contributed by atoms with Crippen LogP contribution in [0.4, 0.5) is 5.69 Å². The van der Waals surface area contributed by atoms with Gasteiger partial charge in [-0.2, -0.15) is 0 Å². The number of amides is 1. The molecule has 2 N–H and O–H groups in total. The first-order valence-corrected chi connectivity index (χ1v) is 6.16. The van der Waals surface area contributed by atoms with Gasteiger partial charge in [0.15, 0.2) is 0 Å². The Morgan fingerprint density at radius 2 is 2.00 bits per heavy atom. The monoisotopic (exact) mass is 242 g/mol. The van der Waals surface area contributed by atoms with Crippen molar-refractivity contribution >= 4 is 21.6 Å². The Bertz CT molecular complexity index is 501. The van der Waals surface area contributed by atoms with Crippen molar-refractivity contribution in [1.82, 2.24) is 9.97 Å². The maximum absolute atomic E-state index is 11.6. The lowest BCUT2D eigenvalue weighted by Gasteiger charge is -2.14. The third kappa shape index (κ3) is 2.02. The minimum absolute atomic E-state index is 0.0606. The van der Waals surface area contributed by atoms with Gasteiger partial charge in [0.25, 0.3) is 0 Å². The number of hydrogen-bond donors (Lipinski definition) is 1. The van der Waals surface area contributed by atoms with Crippen LogP contribution in [-0.4, -0.2) is 36.1 Å². The molecule has 0 aromatic carbocycles. The van der Waals surface area contributed by atoms with Gasteiger partial charge in [-0.05, 0) is 0 Å². The maximum Gasteiger partial charge on any atom is 0.228 e. The third-order valence-electron chi connectivity index (χ3n) is 2.41. The van der Waals surface area contributed by atoms with Crippen molar-refractivity contribution in [2.24, 2.45) is 5.14 Å². The molecule has 2 rings (SSSR count). The fourth-order valence-corrected chi connectivity index (χ4v) is 2.31. The number of nitrogens with two attached hydrogens (primary N) is 1. The van der Waals surface area contributed by atoms with E-state index in [1.165, 1.54) is 23.6 Å². The lowest BCUT2D eigenvalue weighted by Crippen LogP contribution is -2.32. The molecule has 0 radical (unpaired) electrons. The van der Waals surface area contributed by atoms with E-state index < -0.39 is 15.3 Å². The zero-order valence-electron chi connectivity index (χ0n) is 8.28. The quantitative estimate of drug-likeness (QED) is 0.706. The summed E-state index contributed by atoms with van der Waals surface area (Å²) in [5.74, 6) is -0.283. The Balaban J connectivity index is 2.25. The van der Waals surface area contributed by atoms with E-state index in [0.717, 1.165) is 0 Å². The Kier molecular flexibility index (Phi) is 2.60. The molecule has 1 aliphatic heterocycles. The fraction of sp³-hybridized carbons (Fsp3) is 0.375. The van der Waals surface area contributed by atoms with Gasteiger partial charge in [-0.25, -0.2) is 23.5 Å². The second-order valence-electron chi connectivity index (χ2n) is 3.52. The van der Waals surface area contributed by atoms with Crippen molar-refractivity contribution in [2.75, 3.05) is 11.4 Å². The number of carbonyl (C=O) groups is 1. The van der Waals surface area contributed by atoms with Crippen LogP contribution in [0, 0.1) is 0 Å². The highest BCUT2D eigenvalue weighted by Gasteiger charge is 2.37. The first kappa shape index (κ1) is 11.0. The molecular formula is C8H10N4O3S. The van der Waals surface area contributed by atoms with E-state index in [2.05, 4.69) is 9.97 Å². The van der Waals surface area contributed by atoms with Gasteiger partial charge >= 0.3 is 0 Å². The smallest absolute Gasteiger partial charge is 0.228 e. The second kappa shape index (κ2) is 3.80. The lowest BCUT2D eigenvalue weighted by molar-refractivity contribution is -0.117. The van der Waals surface area contributed by atoms with Crippen LogP contribution in [0.3, 0.4) is 0 Å². The molecule has 1 unspecified atom stereocenters. The van der Waals surface area contributed by atoms with Gasteiger partial charge in [-0.3, -0.25) is 4.79 Å². The van der Waals surface area contributed by atoms with Crippen molar-refractivity contribution in [2.45, 2.75) is 11.7 Å². The molecule has 8 heteroatoms. The second-order valence-corrected chi connectivity index (χ2v) is 5.36. The van der Waals surface area contributed by atoms with Crippen LogP contribution < -0.4 is 10.0 Å². The van der Waals surface area contributed by atoms with Crippen LogP contribution in [0.25, 0.3) is 0 Å². The Morgan fingerprint density at radius 1 is 1.38 bits per heavy atom. The van der Waals surface area contributed by atoms with E-state index in [9.17, 15) is 13.2 Å². The van der Waals surface area contributed by atoms with Crippen molar-refractivity contribution in [3.63, 3.8) is 0 Å². The van der Waals surface area contributed by atoms with Gasteiger partial charge in [-0.15, -0.1) is 0 Å². The first-order chi connectivity index (χ1) is 7.48. The molecule has 0 aliphatic carbocycles. The van der Waals surface area contributed by atoms with Crippen LogP contribution in [-0.2, 0) is 14.8 Å². The summed E-state index contributed by atoms with van der Waals surface area (Å²) in [5, 5.41) is 4.16. The van der Waals surface area contributed by atoms with Gasteiger partial charge in [0.05, 0.1) is 18.1 Å². The topological polar surface area (TPSA) is 106 Å². The number of aromatic nitrogens is 2. The van der Waals surface area contributed by atoms with Crippen LogP contribution in [0.5, 0.6) is 0 Å². The SMILES string of the molecule is NS(=O)(=O)C1CC(=O)N(c2cncnc2)C1. The van der Waals surface area contributed by atoms with Crippen molar-refractivity contribution in [3.8, 4) is 0 Å². The number of nitrogens with zero attached hydrogens (tertiary/aromatic N) is 3. The molecule has 1 amide bonds. The van der Waals surface area contributed by atoms with Crippen LogP contribution in [0.15, 0.2) is 18.7 Å². The van der Waals surface area contributed by atoms with Crippen molar-refractivity contribution in [3.05, 3.63) is 18.7 Å². The molecule has 2 heterocycles. The molecule has 16 heavy (non-hydrogen) atoms. The molecule has 0 spiro atoms. The number of hydrogen-bond acceptors (Lipinski definition) is 5. The fourth-order valence-electron chi connectivity index (χ4n) is 1.58. The third-order valence-corrected chi connectivity index (χ3v) is 3.66. The van der Waals surface area contributed by atoms with Gasteiger partial charge in [0, 0.05) is 13.0 Å². The Morgan fingerprint density at radius 3 is 2.50 bits per heavy atom. The number of rotatable bonds is 2. The summed E-state index contributed by atoms with van der Waals surface area (Å²) >= 11 is 0. The molecule has 1 fully saturated rings. The molecule has 0 bridgehead atoms. The minimum Gasteiger partial charge on any atom is -0.308 e. The summed E-state index contributed by atoms with van der Waals surface area (Å²) in [6.07, 6.45) is 4.15. The summed E-state index contributed by atoms with van der Waals surface area (Å²) in [4.78, 5) is 20.4. The van der Waals surface area contributed by atoms with E-state index in [0.29, 0.717) is 5.69 Å². The van der Waals surface area contributed by atoms with Gasteiger partial charge in [0.1, 0.15) is 11.6 Å². The largest absolute Gasteiger partial charge is 0.308 e. The van der Waals surface area contributed by atoms with Gasteiger partial charge in [-0.1, -0.05) is 0 Å². The predicted octanol–water partition coefficient (Wildman–Crippen LogP) is -1.13. The molecule has 1 aromatic rings. The zero-order valence-corrected chi connectivity index (χ0v) is 9.09. The van der Waals surface area contributed by atoms with Crippen molar-refractivity contribution in [1.29, 1.82) is 0 Å². The van der Waals surface area contributed by atoms with Crippen LogP contribution in [0.1, 0.15) is 6.42 Å². The Hall–Kier alpha value is -1.54. The van der Waals surface area contributed by atoms with Gasteiger partial charge in [0.2, 0.25) is 15.9 Å². The van der Waals surface area contributed by atoms with E-state index in [1.807, 2.05) is 0 Å². The van der Waals surface area contributed by atoms with Gasteiger partial charge < -0.3 is 4.90 Å². The molecule has 86 valence electrons. The van der Waals surface area contributed by atoms with E-state index in [-0.39, 0.29) is 18.9 Å². The summed E-state index contributed by atoms with van der Waals surface area (Å²) < 4.78 is 22.2. The first-order valence-electron chi connectivity index (χ1n) is 4.55. The molecular weight excluding hydrogens is 232 g/mol. The van der Waals surface area contributed by atoms with Crippen LogP contribution >= 0.6 is 0 Å². The highest BCUT2D eigenvalue weighted by Crippen LogP contribution is 2.22. The summed E-state index contributed by atoms with van der Waals surface area (Å²) in [7, 11) is -3.68. The average Bonchev–Trinajstić information content (AvgIpc) is 2.61. The highest BCUT2D eigenvalue weighted by atomic mass is 32.2. The van der Waals surface area contributed by atoms with E-state index in [4.69, 9.17) is 5.14 Å². The normalized spacial score (nSPS) is 21.4. The zero-order chi connectivity index (χ0) is 11.8. The number of sulfonamides is 1. The summed E-state index contributed by atoms with van der Waals surface area (Å²) in [6, 6.07) is 0. The molecule has 1 aliphatic rings. The number of carbonyl (C=O) groups excluding carboxylic acids is 1. The maximum atomic E-state index is 11.6. The summed E-state index contributed by atoms with van der Waals surface area (Å²) in [6.45, 7) is 0.0606. The Labute approximate surface area is 92.3 Å². The number of primary sulfonamides is 1. The number of anilines is 1. The predicted molar refractivity (Wildman–Crippen MR) is 55.9 cm³/mol. The molecule has 1 aromatic heterocycles. The molecule has 1 atom stereocenters. The standard InChI is InChI=1S/C8H10N4O3S/c9-16(14,15)7-1-8(13)12(4-7)6-2-10-5-11-3-6/h2-3,5,7H,1,4H2,(H2,9,14,15). The summed E-state index contributed by atoms with van der Waals surface area (Å²) in [5.41, 5.74) is 0.485. The highest BCUT2D eigenvalue weighted by molar-refractivity contribution is 7.89. The molecule has 0 saturated carbocycles. The lowest BCUT2D eigenvalue weighted by atomic mass is 10.4. The van der Waals surface area contributed by atoms with E-state index in [1.54, 1.807) is 0 Å². The average molecular weight is 242 g/mol. The molecule has 1 saturated heterocycles. The van der Waals surface area contributed by atoms with Crippen LogP contribution in [0.2, 0.25) is 0 Å².